The molecule has 0 saturated carbocycles. The summed E-state index contributed by atoms with van der Waals surface area (Å²) in [5, 5.41) is 0. The van der Waals surface area contributed by atoms with Crippen molar-refractivity contribution in [1.29, 1.82) is 0 Å². The fourth-order valence-electron chi connectivity index (χ4n) is 1.74. The lowest BCUT2D eigenvalue weighted by Crippen LogP contribution is -2.35. The van der Waals surface area contributed by atoms with E-state index < -0.39 is 0 Å². The van der Waals surface area contributed by atoms with Crippen molar-refractivity contribution in [2.24, 2.45) is 0 Å². The van der Waals surface area contributed by atoms with E-state index in [-0.39, 0.29) is 12.5 Å². The fraction of sp³-hybridized carbons (Fsp3) is 0.462. The first kappa shape index (κ1) is 9.70. The average molecular weight is 220 g/mol. The minimum absolute atomic E-state index is 0.0202. The molecule has 1 saturated heterocycles. The molecule has 86 valence electrons. The molecule has 0 aromatic heterocycles. The van der Waals surface area contributed by atoms with E-state index in [1.807, 2.05) is 30.3 Å². The maximum Gasteiger partial charge on any atom is 0.410 e. The number of likely N-dealkylation sites (tertiary alicyclic amines) is 1. The fourth-order valence-corrected chi connectivity index (χ4v) is 1.74. The summed E-state index contributed by atoms with van der Waals surface area (Å²) in [6, 6.07) is 9.65. The number of rotatable bonds is 2. The molecule has 0 radical (unpaired) electrons. The van der Waals surface area contributed by atoms with Crippen LogP contribution in [0.15, 0.2) is 30.3 Å². The van der Waals surface area contributed by atoms with Gasteiger partial charge in [-0.25, -0.2) is 4.79 Å². The second-order valence-corrected chi connectivity index (χ2v) is 3.89. The van der Waals surface area contributed by atoms with Gasteiger partial charge in [0.05, 0.1) is 0 Å². The molecule has 1 heterocycles. The molecule has 1 aliphatic heterocycles. The van der Waals surface area contributed by atoms with Crippen LogP contribution in [0.25, 0.3) is 0 Å². The van der Waals surface area contributed by atoms with E-state index in [4.69, 9.17) is 6.11 Å². The van der Waals surface area contributed by atoms with E-state index >= 15 is 0 Å². The summed E-state index contributed by atoms with van der Waals surface area (Å²) in [5.41, 5.74) is 0.997. The third-order valence-corrected chi connectivity index (χ3v) is 2.67. The van der Waals surface area contributed by atoms with Crippen molar-refractivity contribution in [2.75, 3.05) is 13.1 Å². The van der Waals surface area contributed by atoms with Crippen LogP contribution in [0, 0.1) is 0 Å². The molecular formula is C13H17NO2. The number of amides is 1. The Kier molecular flexibility index (Phi) is 3.36. The van der Waals surface area contributed by atoms with Gasteiger partial charge in [0, 0.05) is 14.5 Å². The van der Waals surface area contributed by atoms with E-state index in [0.29, 0.717) is 19.7 Å². The molecule has 0 N–H and O–H groups in total. The lowest BCUT2D eigenvalue weighted by Gasteiger charge is -2.25. The van der Waals surface area contributed by atoms with Gasteiger partial charge in [0.25, 0.3) is 0 Å². The highest BCUT2D eigenvalue weighted by Crippen LogP contribution is 2.11. The normalized spacial score (nSPS) is 18.0. The molecule has 3 heteroatoms. The van der Waals surface area contributed by atoms with Crippen molar-refractivity contribution in [2.45, 2.75) is 25.8 Å². The van der Waals surface area contributed by atoms with Gasteiger partial charge in [-0.3, -0.25) is 0 Å². The van der Waals surface area contributed by atoms with Crippen molar-refractivity contribution in [1.82, 2.24) is 4.90 Å². The number of hydrogen-bond acceptors (Lipinski definition) is 2. The average Bonchev–Trinajstić information content (AvgIpc) is 2.38. The largest absolute Gasteiger partial charge is 0.445 e. The molecule has 16 heavy (non-hydrogen) atoms. The second kappa shape index (κ2) is 5.54. The van der Waals surface area contributed by atoms with Gasteiger partial charge in [-0.05, 0) is 24.8 Å². The van der Waals surface area contributed by atoms with Crippen LogP contribution in [0.3, 0.4) is 0 Å². The Hall–Kier alpha value is -1.51. The van der Waals surface area contributed by atoms with Gasteiger partial charge in [-0.2, -0.15) is 0 Å². The number of ether oxygens (including phenoxy) is 1. The number of carbonyl (C=O) groups is 1. The highest BCUT2D eigenvalue weighted by Gasteiger charge is 2.17. The highest BCUT2D eigenvalue weighted by molar-refractivity contribution is 5.67. The van der Waals surface area contributed by atoms with Crippen LogP contribution in [0.2, 0.25) is 0 Å². The Balaban J connectivity index is 1.78. The van der Waals surface area contributed by atoms with Gasteiger partial charge in [-0.1, -0.05) is 30.3 Å². The Morgan fingerprint density at radius 2 is 2.00 bits per heavy atom. The number of benzene rings is 1. The van der Waals surface area contributed by atoms with Gasteiger partial charge < -0.3 is 9.64 Å². The molecule has 1 aromatic carbocycles. The van der Waals surface area contributed by atoms with Crippen LogP contribution in [-0.2, 0) is 11.3 Å². The summed E-state index contributed by atoms with van der Waals surface area (Å²) in [5.74, 6) is 0. The lowest BCUT2D eigenvalue weighted by atomic mass is 10.1. The molecule has 0 spiro atoms. The van der Waals surface area contributed by atoms with Gasteiger partial charge in [-0.15, -0.1) is 0 Å². The number of hydrogen-bond donors (Lipinski definition) is 0. The van der Waals surface area contributed by atoms with E-state index in [0.717, 1.165) is 18.4 Å². The molecule has 1 aromatic rings. The van der Waals surface area contributed by atoms with Crippen molar-refractivity contribution in [3.8, 4) is 0 Å². The zero-order chi connectivity index (χ0) is 12.1. The quantitative estimate of drug-likeness (QED) is 0.767. The third-order valence-electron chi connectivity index (χ3n) is 2.67. The molecule has 1 aliphatic rings. The number of piperidine rings is 1. The predicted octanol–water partition coefficient (Wildman–Crippen LogP) is 2.81. The SMILES string of the molecule is [2H]C1CCN(C(=O)OCc2ccccc2)CC1. The summed E-state index contributed by atoms with van der Waals surface area (Å²) >= 11 is 0. The van der Waals surface area contributed by atoms with Crippen LogP contribution in [0.5, 0.6) is 0 Å². The number of carbonyl (C=O) groups excluding carboxylic acids is 1. The molecular weight excluding hydrogens is 202 g/mol. The van der Waals surface area contributed by atoms with E-state index in [2.05, 4.69) is 0 Å². The second-order valence-electron chi connectivity index (χ2n) is 3.89. The van der Waals surface area contributed by atoms with E-state index in [1.54, 1.807) is 4.90 Å². The maximum atomic E-state index is 11.7. The van der Waals surface area contributed by atoms with Crippen molar-refractivity contribution < 1.29 is 10.9 Å². The summed E-state index contributed by atoms with van der Waals surface area (Å²) in [6.45, 7) is 1.60. The molecule has 1 fully saturated rings. The lowest BCUT2D eigenvalue weighted by molar-refractivity contribution is 0.0894. The molecule has 3 nitrogen and oxygen atoms in total. The van der Waals surface area contributed by atoms with Crippen LogP contribution < -0.4 is 0 Å². The molecule has 2 rings (SSSR count). The summed E-state index contributed by atoms with van der Waals surface area (Å²) in [4.78, 5) is 13.4. The number of nitrogens with zero attached hydrogens (tertiary/aromatic N) is 1. The monoisotopic (exact) mass is 220 g/mol. The van der Waals surface area contributed by atoms with Crippen LogP contribution in [-0.4, -0.2) is 24.1 Å². The molecule has 0 unspecified atom stereocenters. The maximum absolute atomic E-state index is 11.7. The summed E-state index contributed by atoms with van der Waals surface area (Å²) in [6.07, 6.45) is 1.22. The van der Waals surface area contributed by atoms with Crippen LogP contribution >= 0.6 is 0 Å². The highest BCUT2D eigenvalue weighted by atomic mass is 16.6. The predicted molar refractivity (Wildman–Crippen MR) is 62.1 cm³/mol. The first-order valence-corrected chi connectivity index (χ1v) is 5.63. The van der Waals surface area contributed by atoms with Crippen molar-refractivity contribution >= 4 is 6.09 Å². The Labute approximate surface area is 97.4 Å². The van der Waals surface area contributed by atoms with Crippen molar-refractivity contribution in [3.05, 3.63) is 35.9 Å². The molecule has 1 amide bonds. The van der Waals surface area contributed by atoms with Gasteiger partial charge in [0.1, 0.15) is 6.61 Å². The third kappa shape index (κ3) is 2.99. The smallest absolute Gasteiger partial charge is 0.410 e. The van der Waals surface area contributed by atoms with Gasteiger partial charge in [0.2, 0.25) is 0 Å². The van der Waals surface area contributed by atoms with Crippen molar-refractivity contribution in [3.63, 3.8) is 0 Å². The minimum Gasteiger partial charge on any atom is -0.445 e. The van der Waals surface area contributed by atoms with Gasteiger partial charge >= 0.3 is 6.09 Å². The summed E-state index contributed by atoms with van der Waals surface area (Å²) in [7, 11) is 0. The standard InChI is InChI=1S/C13H17NO2/c15-13(14-9-5-2-6-10-14)16-11-12-7-3-1-4-8-12/h1,3-4,7-8H,2,5-6,9-11H2/i2D. The molecule has 0 atom stereocenters. The zero-order valence-corrected chi connectivity index (χ0v) is 9.26. The minimum atomic E-state index is -0.263. The Morgan fingerprint density at radius 1 is 1.31 bits per heavy atom. The topological polar surface area (TPSA) is 29.5 Å². The summed E-state index contributed by atoms with van der Waals surface area (Å²) < 4.78 is 12.8. The van der Waals surface area contributed by atoms with E-state index in [9.17, 15) is 4.79 Å². The molecule has 0 aliphatic carbocycles. The van der Waals surface area contributed by atoms with E-state index in [1.165, 1.54) is 0 Å². The Morgan fingerprint density at radius 3 is 2.69 bits per heavy atom. The Bertz CT molecular complexity index is 361. The zero-order valence-electron chi connectivity index (χ0n) is 10.3. The van der Waals surface area contributed by atoms with Crippen LogP contribution in [0.4, 0.5) is 4.79 Å². The first-order chi connectivity index (χ1) is 8.25. The first-order valence-electron chi connectivity index (χ1n) is 6.21. The van der Waals surface area contributed by atoms with Gasteiger partial charge in [0.15, 0.2) is 0 Å². The van der Waals surface area contributed by atoms with Crippen LogP contribution in [0.1, 0.15) is 26.2 Å². The molecule has 0 bridgehead atoms.